The van der Waals surface area contributed by atoms with E-state index in [1.165, 1.54) is 6.08 Å². The fourth-order valence-corrected chi connectivity index (χ4v) is 2.81. The second kappa shape index (κ2) is 8.39. The molecule has 4 nitrogen and oxygen atoms in total. The fourth-order valence-electron chi connectivity index (χ4n) is 2.62. The molecular formula is C22H17ClN2O2. The maximum Gasteiger partial charge on any atom is 0.262 e. The Morgan fingerprint density at radius 3 is 2.63 bits per heavy atom. The molecule has 2 aromatic carbocycles. The molecule has 1 atom stereocenters. The first kappa shape index (κ1) is 18.5. The molecule has 0 radical (unpaired) electrons. The quantitative estimate of drug-likeness (QED) is 0.480. The zero-order valence-corrected chi connectivity index (χ0v) is 15.4. The molecule has 0 bridgehead atoms. The second-order valence-corrected chi connectivity index (χ2v) is 6.42. The summed E-state index contributed by atoms with van der Waals surface area (Å²) < 4.78 is 5.73. The van der Waals surface area contributed by atoms with Crippen molar-refractivity contribution in [1.82, 2.24) is 5.32 Å². The number of hydrogen-bond donors (Lipinski definition) is 1. The third-order valence-electron chi connectivity index (χ3n) is 4.03. The van der Waals surface area contributed by atoms with Gasteiger partial charge in [-0.1, -0.05) is 54.1 Å². The van der Waals surface area contributed by atoms with Crippen LogP contribution in [-0.4, -0.2) is 5.91 Å². The Labute approximate surface area is 162 Å². The zero-order chi connectivity index (χ0) is 19.2. The van der Waals surface area contributed by atoms with Gasteiger partial charge < -0.3 is 9.73 Å². The van der Waals surface area contributed by atoms with Gasteiger partial charge in [-0.05, 0) is 36.8 Å². The van der Waals surface area contributed by atoms with E-state index in [9.17, 15) is 10.1 Å². The van der Waals surface area contributed by atoms with Crippen LogP contribution in [0.3, 0.4) is 0 Å². The Morgan fingerprint density at radius 1 is 1.15 bits per heavy atom. The molecule has 0 fully saturated rings. The highest BCUT2D eigenvalue weighted by atomic mass is 35.5. The summed E-state index contributed by atoms with van der Waals surface area (Å²) in [7, 11) is 0. The van der Waals surface area contributed by atoms with Crippen molar-refractivity contribution < 1.29 is 9.21 Å². The molecule has 1 heterocycles. The Hall–Kier alpha value is -3.29. The third-order valence-corrected chi connectivity index (χ3v) is 4.27. The van der Waals surface area contributed by atoms with Crippen LogP contribution in [0, 0.1) is 11.3 Å². The summed E-state index contributed by atoms with van der Waals surface area (Å²) in [5.74, 6) is 0.581. The first-order chi connectivity index (χ1) is 13.1. The van der Waals surface area contributed by atoms with Gasteiger partial charge in [-0.25, -0.2) is 0 Å². The zero-order valence-electron chi connectivity index (χ0n) is 14.6. The van der Waals surface area contributed by atoms with E-state index in [2.05, 4.69) is 5.32 Å². The summed E-state index contributed by atoms with van der Waals surface area (Å²) >= 11 is 6.00. The number of nitrogens with zero attached hydrogens (tertiary/aromatic N) is 1. The number of nitrogens with one attached hydrogen (secondary N) is 1. The van der Waals surface area contributed by atoms with Gasteiger partial charge in [-0.2, -0.15) is 5.26 Å². The lowest BCUT2D eigenvalue weighted by atomic mass is 10.1. The molecule has 27 heavy (non-hydrogen) atoms. The first-order valence-electron chi connectivity index (χ1n) is 8.40. The van der Waals surface area contributed by atoms with E-state index in [0.29, 0.717) is 16.5 Å². The lowest BCUT2D eigenvalue weighted by Crippen LogP contribution is -2.27. The van der Waals surface area contributed by atoms with Crippen molar-refractivity contribution in [2.24, 2.45) is 0 Å². The summed E-state index contributed by atoms with van der Waals surface area (Å²) in [6.45, 7) is 1.87. The maximum atomic E-state index is 12.4. The van der Waals surface area contributed by atoms with Crippen LogP contribution < -0.4 is 5.32 Å². The topological polar surface area (TPSA) is 66.0 Å². The van der Waals surface area contributed by atoms with E-state index >= 15 is 0 Å². The highest BCUT2D eigenvalue weighted by molar-refractivity contribution is 6.30. The Bertz CT molecular complexity index is 1020. The van der Waals surface area contributed by atoms with E-state index in [1.54, 1.807) is 24.3 Å². The molecule has 0 saturated heterocycles. The normalized spacial score (nSPS) is 12.3. The Morgan fingerprint density at radius 2 is 1.93 bits per heavy atom. The monoisotopic (exact) mass is 376 g/mol. The molecular weight excluding hydrogens is 360 g/mol. The van der Waals surface area contributed by atoms with Gasteiger partial charge >= 0.3 is 0 Å². The lowest BCUT2D eigenvalue weighted by Gasteiger charge is -2.13. The summed E-state index contributed by atoms with van der Waals surface area (Å²) in [6.07, 6.45) is 1.43. The van der Waals surface area contributed by atoms with Crippen molar-refractivity contribution in [2.45, 2.75) is 13.0 Å². The number of nitriles is 1. The van der Waals surface area contributed by atoms with Gasteiger partial charge in [-0.3, -0.25) is 4.79 Å². The van der Waals surface area contributed by atoms with Crippen LogP contribution in [0.15, 0.2) is 76.7 Å². The number of carbonyl (C=O) groups excluding carboxylic acids is 1. The first-order valence-corrected chi connectivity index (χ1v) is 8.78. The van der Waals surface area contributed by atoms with Crippen LogP contribution in [-0.2, 0) is 4.79 Å². The average Bonchev–Trinajstić information content (AvgIpc) is 3.15. The minimum atomic E-state index is -0.449. The van der Waals surface area contributed by atoms with Gasteiger partial charge in [0.1, 0.15) is 23.2 Å². The standard InChI is InChI=1S/C22H17ClN2O2/c1-15(16-6-3-2-4-7-16)25-22(26)18(14-24)13-20-10-11-21(27-20)17-8-5-9-19(23)12-17/h2-13,15H,1H3,(H,25,26)/b18-13-/t15-/m1/s1. The van der Waals surface area contributed by atoms with Gasteiger partial charge in [0, 0.05) is 16.7 Å². The lowest BCUT2D eigenvalue weighted by molar-refractivity contribution is -0.117. The average molecular weight is 377 g/mol. The van der Waals surface area contributed by atoms with Crippen molar-refractivity contribution in [3.05, 3.63) is 88.6 Å². The Balaban J connectivity index is 1.76. The van der Waals surface area contributed by atoms with Crippen LogP contribution in [0.4, 0.5) is 0 Å². The van der Waals surface area contributed by atoms with Crippen molar-refractivity contribution in [3.8, 4) is 17.4 Å². The summed E-state index contributed by atoms with van der Waals surface area (Å²) in [6, 6.07) is 22.0. The van der Waals surface area contributed by atoms with Crippen LogP contribution >= 0.6 is 11.6 Å². The molecule has 1 N–H and O–H groups in total. The summed E-state index contributed by atoms with van der Waals surface area (Å²) in [5, 5.41) is 12.8. The fraction of sp³-hybridized carbons (Fsp3) is 0.0909. The van der Waals surface area contributed by atoms with Gasteiger partial charge in [-0.15, -0.1) is 0 Å². The van der Waals surface area contributed by atoms with E-state index in [-0.39, 0.29) is 11.6 Å². The molecule has 3 aromatic rings. The van der Waals surface area contributed by atoms with E-state index in [0.717, 1.165) is 11.1 Å². The van der Waals surface area contributed by atoms with Crippen molar-refractivity contribution in [2.75, 3.05) is 0 Å². The maximum absolute atomic E-state index is 12.4. The van der Waals surface area contributed by atoms with Crippen LogP contribution in [0.2, 0.25) is 5.02 Å². The SMILES string of the molecule is C[C@@H](NC(=O)/C(C#N)=C\c1ccc(-c2cccc(Cl)c2)o1)c1ccccc1. The number of halogens is 1. The van der Waals surface area contributed by atoms with Crippen LogP contribution in [0.1, 0.15) is 24.3 Å². The predicted octanol–water partition coefficient (Wildman–Crippen LogP) is 5.38. The largest absolute Gasteiger partial charge is 0.457 e. The third kappa shape index (κ3) is 4.66. The van der Waals surface area contributed by atoms with Gasteiger partial charge in [0.25, 0.3) is 5.91 Å². The van der Waals surface area contributed by atoms with Crippen LogP contribution in [0.5, 0.6) is 0 Å². The minimum Gasteiger partial charge on any atom is -0.457 e. The van der Waals surface area contributed by atoms with E-state index in [1.807, 2.05) is 55.5 Å². The molecule has 0 aliphatic rings. The molecule has 134 valence electrons. The highest BCUT2D eigenvalue weighted by Gasteiger charge is 2.14. The predicted molar refractivity (Wildman–Crippen MR) is 106 cm³/mol. The number of amides is 1. The van der Waals surface area contributed by atoms with Crippen molar-refractivity contribution in [3.63, 3.8) is 0 Å². The number of rotatable bonds is 5. The molecule has 3 rings (SSSR count). The Kier molecular flexibility index (Phi) is 5.75. The molecule has 0 spiro atoms. The van der Waals surface area contributed by atoms with Crippen molar-refractivity contribution in [1.29, 1.82) is 5.26 Å². The molecule has 0 aliphatic carbocycles. The molecule has 0 aliphatic heterocycles. The van der Waals surface area contributed by atoms with E-state index in [4.69, 9.17) is 16.0 Å². The van der Waals surface area contributed by atoms with Crippen LogP contribution in [0.25, 0.3) is 17.4 Å². The number of hydrogen-bond acceptors (Lipinski definition) is 3. The summed E-state index contributed by atoms with van der Waals surface area (Å²) in [5.41, 5.74) is 1.76. The molecule has 0 unspecified atom stereocenters. The second-order valence-electron chi connectivity index (χ2n) is 5.99. The van der Waals surface area contributed by atoms with Gasteiger partial charge in [0.15, 0.2) is 0 Å². The number of benzene rings is 2. The highest BCUT2D eigenvalue weighted by Crippen LogP contribution is 2.25. The smallest absolute Gasteiger partial charge is 0.262 e. The molecule has 1 amide bonds. The van der Waals surface area contributed by atoms with Gasteiger partial charge in [0.2, 0.25) is 0 Å². The van der Waals surface area contributed by atoms with Crippen molar-refractivity contribution >= 4 is 23.6 Å². The minimum absolute atomic E-state index is 0.0234. The molecule has 0 saturated carbocycles. The van der Waals surface area contributed by atoms with Gasteiger partial charge in [0.05, 0.1) is 6.04 Å². The number of furan rings is 1. The van der Waals surface area contributed by atoms with E-state index < -0.39 is 5.91 Å². The molecule has 1 aromatic heterocycles. The number of carbonyl (C=O) groups is 1. The summed E-state index contributed by atoms with van der Waals surface area (Å²) in [4.78, 5) is 12.4. The molecule has 5 heteroatoms.